The summed E-state index contributed by atoms with van der Waals surface area (Å²) in [5, 5.41) is 4.01. The summed E-state index contributed by atoms with van der Waals surface area (Å²) in [4.78, 5) is 13.9. The first kappa shape index (κ1) is 17.6. The second-order valence-corrected chi connectivity index (χ2v) is 6.64. The Labute approximate surface area is 153 Å². The van der Waals surface area contributed by atoms with E-state index >= 15 is 0 Å². The van der Waals surface area contributed by atoms with E-state index in [1.54, 1.807) is 0 Å². The van der Waals surface area contributed by atoms with Gasteiger partial charge in [0, 0.05) is 36.8 Å². The van der Waals surface area contributed by atoms with E-state index in [1.165, 1.54) is 0 Å². The Kier molecular flexibility index (Phi) is 6.18. The van der Waals surface area contributed by atoms with Crippen LogP contribution in [0.4, 0.5) is 5.69 Å². The number of anilines is 1. The molecule has 1 N–H and O–H groups in total. The van der Waals surface area contributed by atoms with Crippen molar-refractivity contribution >= 4 is 23.2 Å². The lowest BCUT2D eigenvalue weighted by atomic mass is 10.2. The summed E-state index contributed by atoms with van der Waals surface area (Å²) in [7, 11) is 0. The molecule has 1 saturated heterocycles. The number of halogens is 1. The monoisotopic (exact) mass is 358 g/mol. The number of nitrogens with one attached hydrogen (secondary N) is 1. The number of carbonyl (C=O) groups excluding carboxylic acids is 1. The highest BCUT2D eigenvalue weighted by Gasteiger charge is 2.16. The standard InChI is InChI=1S/C20H23ClN2O2/c21-17-5-3-16(4-6-17)15-25-19-9-7-18(8-10-19)22-12-11-20(24)23-13-1-2-14-23/h3-10,22H,1-2,11-15H2. The number of hydrogen-bond acceptors (Lipinski definition) is 3. The molecule has 0 unspecified atom stereocenters. The van der Waals surface area contributed by atoms with Crippen LogP contribution in [0.15, 0.2) is 48.5 Å². The number of benzene rings is 2. The molecule has 3 rings (SSSR count). The van der Waals surface area contributed by atoms with Crippen molar-refractivity contribution in [3.8, 4) is 5.75 Å². The molecule has 132 valence electrons. The van der Waals surface area contributed by atoms with E-state index in [0.29, 0.717) is 19.6 Å². The zero-order valence-electron chi connectivity index (χ0n) is 14.2. The molecule has 1 amide bonds. The van der Waals surface area contributed by atoms with Crippen molar-refractivity contribution in [2.24, 2.45) is 0 Å². The van der Waals surface area contributed by atoms with Gasteiger partial charge in [-0.15, -0.1) is 0 Å². The summed E-state index contributed by atoms with van der Waals surface area (Å²) in [6.07, 6.45) is 2.81. The summed E-state index contributed by atoms with van der Waals surface area (Å²) in [5.74, 6) is 1.06. The van der Waals surface area contributed by atoms with Crippen molar-refractivity contribution in [1.82, 2.24) is 4.90 Å². The molecule has 0 atom stereocenters. The molecule has 2 aromatic rings. The van der Waals surface area contributed by atoms with Crippen molar-refractivity contribution in [3.05, 3.63) is 59.1 Å². The van der Waals surface area contributed by atoms with E-state index < -0.39 is 0 Å². The summed E-state index contributed by atoms with van der Waals surface area (Å²) in [6.45, 7) is 2.99. The molecule has 2 aromatic carbocycles. The minimum Gasteiger partial charge on any atom is -0.489 e. The van der Waals surface area contributed by atoms with E-state index in [2.05, 4.69) is 5.32 Å². The quantitative estimate of drug-likeness (QED) is 0.800. The van der Waals surface area contributed by atoms with Gasteiger partial charge in [0.2, 0.25) is 5.91 Å². The molecule has 1 aliphatic rings. The Hall–Kier alpha value is -2.20. The van der Waals surface area contributed by atoms with Gasteiger partial charge < -0.3 is 15.0 Å². The van der Waals surface area contributed by atoms with E-state index in [0.717, 1.165) is 48.0 Å². The van der Waals surface area contributed by atoms with Gasteiger partial charge in [-0.3, -0.25) is 4.79 Å². The maximum absolute atomic E-state index is 12.0. The van der Waals surface area contributed by atoms with Crippen molar-refractivity contribution in [1.29, 1.82) is 0 Å². The van der Waals surface area contributed by atoms with Crippen LogP contribution in [0, 0.1) is 0 Å². The molecule has 1 fully saturated rings. The zero-order valence-corrected chi connectivity index (χ0v) is 15.0. The Morgan fingerprint density at radius 1 is 1.04 bits per heavy atom. The maximum Gasteiger partial charge on any atom is 0.224 e. The minimum absolute atomic E-state index is 0.243. The first-order valence-electron chi connectivity index (χ1n) is 8.70. The van der Waals surface area contributed by atoms with Gasteiger partial charge in [0.05, 0.1) is 0 Å². The predicted molar refractivity (Wildman–Crippen MR) is 101 cm³/mol. The molecule has 1 heterocycles. The number of likely N-dealkylation sites (tertiary alicyclic amines) is 1. The van der Waals surface area contributed by atoms with Crippen molar-refractivity contribution < 1.29 is 9.53 Å². The Morgan fingerprint density at radius 3 is 2.40 bits per heavy atom. The van der Waals surface area contributed by atoms with Gasteiger partial charge in [-0.2, -0.15) is 0 Å². The van der Waals surface area contributed by atoms with Gasteiger partial charge in [0.25, 0.3) is 0 Å². The molecule has 0 bridgehead atoms. The highest BCUT2D eigenvalue weighted by molar-refractivity contribution is 6.30. The van der Waals surface area contributed by atoms with Gasteiger partial charge in [-0.25, -0.2) is 0 Å². The number of nitrogens with zero attached hydrogens (tertiary/aromatic N) is 1. The average molecular weight is 359 g/mol. The molecule has 0 radical (unpaired) electrons. The largest absolute Gasteiger partial charge is 0.489 e. The second-order valence-electron chi connectivity index (χ2n) is 6.20. The van der Waals surface area contributed by atoms with Gasteiger partial charge in [-0.05, 0) is 54.8 Å². The lowest BCUT2D eigenvalue weighted by Gasteiger charge is -2.15. The smallest absolute Gasteiger partial charge is 0.224 e. The average Bonchev–Trinajstić information content (AvgIpc) is 3.17. The number of rotatable bonds is 7. The third-order valence-electron chi connectivity index (χ3n) is 4.30. The second kappa shape index (κ2) is 8.77. The first-order valence-corrected chi connectivity index (χ1v) is 9.07. The third kappa shape index (κ3) is 5.40. The van der Waals surface area contributed by atoms with Crippen LogP contribution in [0.25, 0.3) is 0 Å². The third-order valence-corrected chi connectivity index (χ3v) is 4.55. The van der Waals surface area contributed by atoms with Gasteiger partial charge >= 0.3 is 0 Å². The first-order chi connectivity index (χ1) is 12.2. The SMILES string of the molecule is O=C(CCNc1ccc(OCc2ccc(Cl)cc2)cc1)N1CCCC1. The fourth-order valence-electron chi connectivity index (χ4n) is 2.85. The Bertz CT molecular complexity index is 680. The molecular formula is C20H23ClN2O2. The lowest BCUT2D eigenvalue weighted by Crippen LogP contribution is -2.29. The summed E-state index contributed by atoms with van der Waals surface area (Å²) >= 11 is 5.87. The van der Waals surface area contributed by atoms with Gasteiger partial charge in [0.1, 0.15) is 12.4 Å². The van der Waals surface area contributed by atoms with Crippen LogP contribution in [0.5, 0.6) is 5.75 Å². The Morgan fingerprint density at radius 2 is 1.72 bits per heavy atom. The van der Waals surface area contributed by atoms with E-state index in [1.807, 2.05) is 53.4 Å². The molecule has 0 saturated carbocycles. The van der Waals surface area contributed by atoms with E-state index in [9.17, 15) is 4.79 Å². The molecule has 0 spiro atoms. The summed E-state index contributed by atoms with van der Waals surface area (Å²) in [5.41, 5.74) is 2.07. The molecule has 0 aromatic heterocycles. The number of ether oxygens (including phenoxy) is 1. The minimum atomic E-state index is 0.243. The highest BCUT2D eigenvalue weighted by atomic mass is 35.5. The number of amides is 1. The van der Waals surface area contributed by atoms with Crippen LogP contribution in [-0.4, -0.2) is 30.4 Å². The molecule has 1 aliphatic heterocycles. The normalized spacial score (nSPS) is 13.7. The van der Waals surface area contributed by atoms with Crippen LogP contribution in [-0.2, 0) is 11.4 Å². The van der Waals surface area contributed by atoms with Gasteiger partial charge in [0.15, 0.2) is 0 Å². The fraction of sp³-hybridized carbons (Fsp3) is 0.350. The van der Waals surface area contributed by atoms with Crippen LogP contribution < -0.4 is 10.1 Å². The predicted octanol–water partition coefficient (Wildman–Crippen LogP) is 4.34. The van der Waals surface area contributed by atoms with Crippen molar-refractivity contribution in [3.63, 3.8) is 0 Å². The molecule has 4 nitrogen and oxygen atoms in total. The van der Waals surface area contributed by atoms with Gasteiger partial charge in [-0.1, -0.05) is 23.7 Å². The van der Waals surface area contributed by atoms with Crippen LogP contribution in [0.2, 0.25) is 5.02 Å². The summed E-state index contributed by atoms with van der Waals surface area (Å²) in [6, 6.07) is 15.4. The molecular weight excluding hydrogens is 336 g/mol. The van der Waals surface area contributed by atoms with Crippen LogP contribution >= 0.6 is 11.6 Å². The zero-order chi connectivity index (χ0) is 17.5. The van der Waals surface area contributed by atoms with E-state index in [-0.39, 0.29) is 5.91 Å². The van der Waals surface area contributed by atoms with E-state index in [4.69, 9.17) is 16.3 Å². The Balaban J connectivity index is 1.40. The van der Waals surface area contributed by atoms with Crippen molar-refractivity contribution in [2.45, 2.75) is 25.9 Å². The van der Waals surface area contributed by atoms with Crippen LogP contribution in [0.1, 0.15) is 24.8 Å². The number of carbonyl (C=O) groups is 1. The fourth-order valence-corrected chi connectivity index (χ4v) is 2.98. The summed E-state index contributed by atoms with van der Waals surface area (Å²) < 4.78 is 5.77. The topological polar surface area (TPSA) is 41.6 Å². The number of hydrogen-bond donors (Lipinski definition) is 1. The lowest BCUT2D eigenvalue weighted by molar-refractivity contribution is -0.129. The highest BCUT2D eigenvalue weighted by Crippen LogP contribution is 2.18. The molecule has 0 aliphatic carbocycles. The molecule has 5 heteroatoms. The molecule has 25 heavy (non-hydrogen) atoms. The van der Waals surface area contributed by atoms with Crippen molar-refractivity contribution in [2.75, 3.05) is 25.0 Å². The van der Waals surface area contributed by atoms with Crippen LogP contribution in [0.3, 0.4) is 0 Å². The maximum atomic E-state index is 12.0.